The molecular weight excluding hydrogens is 645 g/mol. The Kier molecular flexibility index (Phi) is 23.2. The second kappa shape index (κ2) is 27.9. The molecule has 0 spiro atoms. The Labute approximate surface area is 329 Å². The lowest BCUT2D eigenvalue weighted by atomic mass is 9.78. The minimum Gasteiger partial charge on any atom is -0.374 e. The van der Waals surface area contributed by atoms with Gasteiger partial charge >= 0.3 is 0 Å². The second-order valence-electron chi connectivity index (χ2n) is 17.9. The third-order valence-electron chi connectivity index (χ3n) is 13.2. The SMILES string of the molecule is CCCCCCCC1CCC(CCCCc2ccc(COC[C@@H](C)OCc3ccc(CCCCC4CCC(CCCCCCC)CC4)cc3)cc2)CC1. The van der Waals surface area contributed by atoms with Crippen molar-refractivity contribution in [1.82, 2.24) is 0 Å². The molecule has 1 atom stereocenters. The lowest BCUT2D eigenvalue weighted by Gasteiger charge is -2.28. The van der Waals surface area contributed by atoms with Crippen LogP contribution in [0, 0.1) is 23.7 Å². The fourth-order valence-electron chi connectivity index (χ4n) is 9.45. The highest BCUT2D eigenvalue weighted by Crippen LogP contribution is 2.36. The first-order chi connectivity index (χ1) is 26.1. The number of hydrogen-bond acceptors (Lipinski definition) is 2. The predicted octanol–water partition coefficient (Wildman–Crippen LogP) is 15.6. The molecule has 0 N–H and O–H groups in total. The summed E-state index contributed by atoms with van der Waals surface area (Å²) in [5, 5.41) is 0. The standard InChI is InChI=1S/C51H84O2/c1-4-6-8-10-12-18-44-24-28-46(29-25-44)20-14-16-22-48-32-36-50(37-33-48)41-52-40-43(3)53-42-51-38-34-49(35-39-51)23-17-15-21-47-30-26-45(27-31-47)19-13-11-9-7-5-2/h32-39,43-47H,4-31,40-42H2,1-3H3/t43-,44?,45?,46?,47?/m1/s1. The van der Waals surface area contributed by atoms with Crippen LogP contribution in [0.3, 0.4) is 0 Å². The van der Waals surface area contributed by atoms with Crippen molar-refractivity contribution < 1.29 is 9.47 Å². The summed E-state index contributed by atoms with van der Waals surface area (Å²) >= 11 is 0. The van der Waals surface area contributed by atoms with E-state index in [-0.39, 0.29) is 6.10 Å². The van der Waals surface area contributed by atoms with Gasteiger partial charge in [-0.25, -0.2) is 0 Å². The molecule has 2 heteroatoms. The van der Waals surface area contributed by atoms with E-state index in [1.807, 2.05) is 0 Å². The van der Waals surface area contributed by atoms with Gasteiger partial charge in [-0.05, 0) is 78.5 Å². The van der Waals surface area contributed by atoms with Crippen LogP contribution in [0.15, 0.2) is 48.5 Å². The number of benzene rings is 2. The summed E-state index contributed by atoms with van der Waals surface area (Å²) in [6.45, 7) is 8.69. The van der Waals surface area contributed by atoms with Crippen LogP contribution in [0.4, 0.5) is 0 Å². The van der Waals surface area contributed by atoms with E-state index >= 15 is 0 Å². The number of hydrogen-bond donors (Lipinski definition) is 0. The van der Waals surface area contributed by atoms with Gasteiger partial charge in [0.2, 0.25) is 0 Å². The van der Waals surface area contributed by atoms with Gasteiger partial charge in [0.05, 0.1) is 25.9 Å². The van der Waals surface area contributed by atoms with Gasteiger partial charge < -0.3 is 9.47 Å². The van der Waals surface area contributed by atoms with E-state index in [4.69, 9.17) is 9.47 Å². The lowest BCUT2D eigenvalue weighted by molar-refractivity contribution is -0.0198. The molecule has 2 aliphatic rings. The van der Waals surface area contributed by atoms with Crippen LogP contribution in [-0.2, 0) is 35.5 Å². The van der Waals surface area contributed by atoms with Crippen LogP contribution in [-0.4, -0.2) is 12.7 Å². The van der Waals surface area contributed by atoms with Gasteiger partial charge in [0.15, 0.2) is 0 Å². The van der Waals surface area contributed by atoms with E-state index in [1.165, 1.54) is 202 Å². The molecule has 0 radical (unpaired) electrons. The molecule has 2 saturated carbocycles. The van der Waals surface area contributed by atoms with Crippen LogP contribution >= 0.6 is 0 Å². The highest BCUT2D eigenvalue weighted by molar-refractivity contribution is 5.23. The molecule has 2 fully saturated rings. The Morgan fingerprint density at radius 2 is 0.774 bits per heavy atom. The summed E-state index contributed by atoms with van der Waals surface area (Å²) in [4.78, 5) is 0. The fraction of sp³-hybridized carbons (Fsp3) is 0.765. The number of rotatable bonds is 29. The van der Waals surface area contributed by atoms with Gasteiger partial charge in [-0.15, -0.1) is 0 Å². The molecule has 0 saturated heterocycles. The number of ether oxygens (including phenoxy) is 2. The molecule has 0 amide bonds. The first-order valence-corrected chi connectivity index (χ1v) is 23.5. The molecule has 2 aromatic rings. The average molecular weight is 729 g/mol. The average Bonchev–Trinajstić information content (AvgIpc) is 3.19. The molecule has 0 aliphatic heterocycles. The van der Waals surface area contributed by atoms with Crippen LogP contribution < -0.4 is 0 Å². The van der Waals surface area contributed by atoms with Crippen molar-refractivity contribution >= 4 is 0 Å². The molecule has 2 nitrogen and oxygen atoms in total. The maximum absolute atomic E-state index is 6.14. The lowest BCUT2D eigenvalue weighted by Crippen LogP contribution is -2.15. The Balaban J connectivity index is 0.959. The first kappa shape index (κ1) is 44.1. The zero-order valence-corrected chi connectivity index (χ0v) is 35.2. The molecule has 53 heavy (non-hydrogen) atoms. The molecule has 2 aromatic carbocycles. The monoisotopic (exact) mass is 729 g/mol. The van der Waals surface area contributed by atoms with Crippen LogP contribution in [0.25, 0.3) is 0 Å². The van der Waals surface area contributed by atoms with E-state index < -0.39 is 0 Å². The minimum absolute atomic E-state index is 0.0837. The van der Waals surface area contributed by atoms with Crippen molar-refractivity contribution in [2.45, 2.75) is 220 Å². The largest absolute Gasteiger partial charge is 0.374 e. The van der Waals surface area contributed by atoms with Crippen molar-refractivity contribution in [2.24, 2.45) is 23.7 Å². The van der Waals surface area contributed by atoms with E-state index in [1.54, 1.807) is 0 Å². The van der Waals surface area contributed by atoms with Crippen molar-refractivity contribution in [2.75, 3.05) is 6.61 Å². The zero-order valence-electron chi connectivity index (χ0n) is 35.2. The van der Waals surface area contributed by atoms with Gasteiger partial charge in [-0.2, -0.15) is 0 Å². The number of aryl methyl sites for hydroxylation is 2. The normalized spacial score (nSPS) is 21.2. The molecule has 2 aliphatic carbocycles. The van der Waals surface area contributed by atoms with E-state index in [2.05, 4.69) is 69.3 Å². The second-order valence-corrected chi connectivity index (χ2v) is 17.9. The zero-order chi connectivity index (χ0) is 37.2. The maximum atomic E-state index is 6.14. The molecular formula is C51H84O2. The molecule has 300 valence electrons. The highest BCUT2D eigenvalue weighted by Gasteiger charge is 2.21. The smallest absolute Gasteiger partial charge is 0.0785 e. The summed E-state index contributed by atoms with van der Waals surface area (Å²) in [5.41, 5.74) is 5.46. The summed E-state index contributed by atoms with van der Waals surface area (Å²) in [5.74, 6) is 4.06. The van der Waals surface area contributed by atoms with Crippen molar-refractivity contribution in [3.05, 3.63) is 70.8 Å². The summed E-state index contributed by atoms with van der Waals surface area (Å²) < 4.78 is 12.2. The fourth-order valence-corrected chi connectivity index (χ4v) is 9.45. The van der Waals surface area contributed by atoms with Crippen LogP contribution in [0.5, 0.6) is 0 Å². The van der Waals surface area contributed by atoms with Gasteiger partial charge in [-0.1, -0.05) is 216 Å². The maximum Gasteiger partial charge on any atom is 0.0785 e. The minimum atomic E-state index is 0.0837. The van der Waals surface area contributed by atoms with E-state index in [0.29, 0.717) is 19.8 Å². The van der Waals surface area contributed by atoms with Gasteiger partial charge in [0.25, 0.3) is 0 Å². The Morgan fingerprint density at radius 3 is 1.17 bits per heavy atom. The summed E-state index contributed by atoms with van der Waals surface area (Å²) in [6, 6.07) is 18.3. The summed E-state index contributed by atoms with van der Waals surface area (Å²) in [7, 11) is 0. The van der Waals surface area contributed by atoms with Crippen molar-refractivity contribution in [3.8, 4) is 0 Å². The van der Waals surface area contributed by atoms with Crippen LogP contribution in [0.2, 0.25) is 0 Å². The Hall–Kier alpha value is -1.64. The molecule has 0 heterocycles. The Bertz CT molecular complexity index is 1120. The molecule has 0 unspecified atom stereocenters. The topological polar surface area (TPSA) is 18.5 Å². The van der Waals surface area contributed by atoms with Gasteiger partial charge in [0, 0.05) is 0 Å². The van der Waals surface area contributed by atoms with Gasteiger partial charge in [0.1, 0.15) is 0 Å². The third-order valence-corrected chi connectivity index (χ3v) is 13.2. The molecule has 0 bridgehead atoms. The van der Waals surface area contributed by atoms with Crippen LogP contribution in [0.1, 0.15) is 210 Å². The quantitative estimate of drug-likeness (QED) is 0.0777. The summed E-state index contributed by atoms with van der Waals surface area (Å²) in [6.07, 6.45) is 40.1. The van der Waals surface area contributed by atoms with E-state index in [9.17, 15) is 0 Å². The molecule has 4 rings (SSSR count). The third kappa shape index (κ3) is 19.7. The molecule has 0 aromatic heterocycles. The first-order valence-electron chi connectivity index (χ1n) is 23.5. The predicted molar refractivity (Wildman–Crippen MR) is 230 cm³/mol. The van der Waals surface area contributed by atoms with E-state index in [0.717, 1.165) is 23.7 Å². The van der Waals surface area contributed by atoms with Crippen molar-refractivity contribution in [1.29, 1.82) is 0 Å². The number of unbranched alkanes of at least 4 members (excludes halogenated alkanes) is 10. The van der Waals surface area contributed by atoms with Crippen molar-refractivity contribution in [3.63, 3.8) is 0 Å². The van der Waals surface area contributed by atoms with Gasteiger partial charge in [-0.3, -0.25) is 0 Å². The Morgan fingerprint density at radius 1 is 0.434 bits per heavy atom. The highest BCUT2D eigenvalue weighted by atomic mass is 16.5.